The van der Waals surface area contributed by atoms with E-state index in [1.165, 1.54) is 0 Å². The van der Waals surface area contributed by atoms with Crippen molar-refractivity contribution in [3.05, 3.63) is 30.1 Å². The van der Waals surface area contributed by atoms with Gasteiger partial charge in [0.05, 0.1) is 22.5 Å². The number of nitrogens with one attached hydrogen (secondary N) is 1. The molecule has 2 aromatic heterocycles. The van der Waals surface area contributed by atoms with Gasteiger partial charge in [-0.15, -0.1) is 0 Å². The molecule has 0 spiro atoms. The molecular weight excluding hydrogens is 310 g/mol. The summed E-state index contributed by atoms with van der Waals surface area (Å²) in [6.45, 7) is 8.88. The van der Waals surface area contributed by atoms with Crippen molar-refractivity contribution < 1.29 is 9.53 Å². The van der Waals surface area contributed by atoms with Gasteiger partial charge in [-0.05, 0) is 25.1 Å². The minimum absolute atomic E-state index is 0.0409. The van der Waals surface area contributed by atoms with Crippen molar-refractivity contribution in [1.29, 1.82) is 0 Å². The van der Waals surface area contributed by atoms with Crippen LogP contribution in [0.1, 0.15) is 33.4 Å². The normalized spacial score (nSPS) is 12.0. The molecule has 3 aromatic rings. The standard InChI is InChI=1S/C17H21N3O2S/c1-5-22-15(21)9-18-11-6-7-12-13(8-11)23-16-19-14(10-20(12)16)17(2,3)4/h6-8,10,18H,5,9H2,1-4H3. The van der Waals surface area contributed by atoms with E-state index in [9.17, 15) is 4.79 Å². The number of nitrogens with zero attached hydrogens (tertiary/aromatic N) is 2. The summed E-state index contributed by atoms with van der Waals surface area (Å²) in [5.41, 5.74) is 3.18. The second-order valence-corrected chi connectivity index (χ2v) is 7.48. The zero-order chi connectivity index (χ0) is 16.6. The van der Waals surface area contributed by atoms with Gasteiger partial charge in [0.25, 0.3) is 0 Å². The molecule has 122 valence electrons. The summed E-state index contributed by atoms with van der Waals surface area (Å²) in [6, 6.07) is 6.08. The number of anilines is 1. The fourth-order valence-electron chi connectivity index (χ4n) is 2.36. The van der Waals surface area contributed by atoms with Crippen LogP contribution in [0.4, 0.5) is 5.69 Å². The molecule has 23 heavy (non-hydrogen) atoms. The number of fused-ring (bicyclic) bond motifs is 3. The summed E-state index contributed by atoms with van der Waals surface area (Å²) in [7, 11) is 0. The lowest BCUT2D eigenvalue weighted by atomic mass is 9.93. The monoisotopic (exact) mass is 331 g/mol. The Morgan fingerprint density at radius 3 is 2.87 bits per heavy atom. The predicted molar refractivity (Wildman–Crippen MR) is 94.4 cm³/mol. The Bertz CT molecular complexity index is 858. The van der Waals surface area contributed by atoms with E-state index >= 15 is 0 Å². The highest BCUT2D eigenvalue weighted by atomic mass is 32.1. The van der Waals surface area contributed by atoms with Gasteiger partial charge in [0.15, 0.2) is 4.96 Å². The molecule has 0 aliphatic heterocycles. The first-order chi connectivity index (χ1) is 10.9. The van der Waals surface area contributed by atoms with Crippen LogP contribution in [0.25, 0.3) is 15.2 Å². The van der Waals surface area contributed by atoms with Crippen molar-refractivity contribution in [3.63, 3.8) is 0 Å². The van der Waals surface area contributed by atoms with E-state index in [1.54, 1.807) is 18.3 Å². The number of rotatable bonds is 4. The van der Waals surface area contributed by atoms with Gasteiger partial charge < -0.3 is 10.1 Å². The first-order valence-electron chi connectivity index (χ1n) is 7.70. The number of carbonyl (C=O) groups is 1. The number of esters is 1. The summed E-state index contributed by atoms with van der Waals surface area (Å²) < 4.78 is 8.19. The number of imidazole rings is 1. The number of hydrogen-bond acceptors (Lipinski definition) is 5. The Hall–Kier alpha value is -2.08. The van der Waals surface area contributed by atoms with Crippen molar-refractivity contribution in [2.75, 3.05) is 18.5 Å². The average Bonchev–Trinajstić information content (AvgIpc) is 3.02. The van der Waals surface area contributed by atoms with Gasteiger partial charge in [0.1, 0.15) is 6.54 Å². The van der Waals surface area contributed by atoms with Crippen molar-refractivity contribution in [2.24, 2.45) is 0 Å². The van der Waals surface area contributed by atoms with Crippen LogP contribution in [-0.4, -0.2) is 28.5 Å². The molecule has 0 amide bonds. The van der Waals surface area contributed by atoms with Gasteiger partial charge in [0.2, 0.25) is 0 Å². The summed E-state index contributed by atoms with van der Waals surface area (Å²) in [4.78, 5) is 17.1. The van der Waals surface area contributed by atoms with Crippen LogP contribution in [-0.2, 0) is 14.9 Å². The molecule has 3 rings (SSSR count). The van der Waals surface area contributed by atoms with Crippen molar-refractivity contribution in [2.45, 2.75) is 33.1 Å². The molecule has 0 radical (unpaired) electrons. The molecule has 5 nitrogen and oxygen atoms in total. The van der Waals surface area contributed by atoms with E-state index in [0.29, 0.717) is 6.61 Å². The molecule has 0 aliphatic carbocycles. The van der Waals surface area contributed by atoms with Crippen LogP contribution in [0.3, 0.4) is 0 Å². The second kappa shape index (κ2) is 5.85. The third kappa shape index (κ3) is 3.17. The van der Waals surface area contributed by atoms with Gasteiger partial charge in [-0.1, -0.05) is 32.1 Å². The molecular formula is C17H21N3O2S. The van der Waals surface area contributed by atoms with Crippen molar-refractivity contribution in [1.82, 2.24) is 9.38 Å². The van der Waals surface area contributed by atoms with Crippen molar-refractivity contribution >= 4 is 38.2 Å². The van der Waals surface area contributed by atoms with Crippen LogP contribution in [0.15, 0.2) is 24.4 Å². The fourth-order valence-corrected chi connectivity index (χ4v) is 3.41. The Kier molecular flexibility index (Phi) is 4.02. The molecule has 1 aromatic carbocycles. The van der Waals surface area contributed by atoms with Crippen LogP contribution >= 0.6 is 11.3 Å². The van der Waals surface area contributed by atoms with E-state index in [-0.39, 0.29) is 17.9 Å². The third-order valence-corrected chi connectivity index (χ3v) is 4.62. The highest BCUT2D eigenvalue weighted by Gasteiger charge is 2.19. The molecule has 1 N–H and O–H groups in total. The largest absolute Gasteiger partial charge is 0.465 e. The number of carbonyl (C=O) groups excluding carboxylic acids is 1. The summed E-state index contributed by atoms with van der Waals surface area (Å²) in [5.74, 6) is -0.247. The molecule has 0 atom stereocenters. The maximum Gasteiger partial charge on any atom is 0.325 e. The van der Waals surface area contributed by atoms with Crippen LogP contribution in [0.5, 0.6) is 0 Å². The lowest BCUT2D eigenvalue weighted by molar-refractivity contribution is -0.140. The zero-order valence-corrected chi connectivity index (χ0v) is 14.7. The highest BCUT2D eigenvalue weighted by Crippen LogP contribution is 2.31. The summed E-state index contributed by atoms with van der Waals surface area (Å²) in [5, 5.41) is 3.10. The lowest BCUT2D eigenvalue weighted by Crippen LogP contribution is -2.16. The number of ether oxygens (including phenoxy) is 1. The van der Waals surface area contributed by atoms with Crippen molar-refractivity contribution in [3.8, 4) is 0 Å². The van der Waals surface area contributed by atoms with E-state index in [2.05, 4.69) is 42.8 Å². The molecule has 2 heterocycles. The third-order valence-electron chi connectivity index (χ3n) is 3.60. The Morgan fingerprint density at radius 1 is 1.39 bits per heavy atom. The Morgan fingerprint density at radius 2 is 2.17 bits per heavy atom. The first kappa shape index (κ1) is 15.8. The maximum atomic E-state index is 11.4. The Labute approximate surface area is 139 Å². The second-order valence-electron chi connectivity index (χ2n) is 6.47. The number of thiazole rings is 1. The van der Waals surface area contributed by atoms with Gasteiger partial charge in [-0.3, -0.25) is 9.20 Å². The fraction of sp³-hybridized carbons (Fsp3) is 0.412. The Balaban J connectivity index is 1.88. The molecule has 6 heteroatoms. The van der Waals surface area contributed by atoms with Gasteiger partial charge in [-0.25, -0.2) is 4.98 Å². The molecule has 0 unspecified atom stereocenters. The van der Waals surface area contributed by atoms with E-state index in [4.69, 9.17) is 9.72 Å². The minimum Gasteiger partial charge on any atom is -0.465 e. The molecule has 0 saturated heterocycles. The van der Waals surface area contributed by atoms with E-state index < -0.39 is 0 Å². The zero-order valence-electron chi connectivity index (χ0n) is 13.8. The predicted octanol–water partition coefficient (Wildman–Crippen LogP) is 3.82. The number of benzene rings is 1. The highest BCUT2D eigenvalue weighted by molar-refractivity contribution is 7.23. The van der Waals surface area contributed by atoms with Gasteiger partial charge >= 0.3 is 5.97 Å². The lowest BCUT2D eigenvalue weighted by Gasteiger charge is -2.13. The molecule has 0 aliphatic rings. The molecule has 0 bridgehead atoms. The topological polar surface area (TPSA) is 55.6 Å². The van der Waals surface area contributed by atoms with Crippen LogP contribution in [0.2, 0.25) is 0 Å². The summed E-state index contributed by atoms with van der Waals surface area (Å²) in [6.07, 6.45) is 2.11. The number of hydrogen-bond donors (Lipinski definition) is 1. The maximum absolute atomic E-state index is 11.4. The van der Waals surface area contributed by atoms with E-state index in [0.717, 1.165) is 26.6 Å². The molecule has 0 fully saturated rings. The molecule has 0 saturated carbocycles. The average molecular weight is 331 g/mol. The SMILES string of the molecule is CCOC(=O)CNc1ccc2c(c1)sc1nc(C(C)(C)C)cn12. The smallest absolute Gasteiger partial charge is 0.325 e. The minimum atomic E-state index is -0.247. The van der Waals surface area contributed by atoms with E-state index in [1.807, 2.05) is 12.1 Å². The summed E-state index contributed by atoms with van der Waals surface area (Å²) >= 11 is 1.65. The number of aromatic nitrogens is 2. The van der Waals surface area contributed by atoms with Crippen LogP contribution in [0, 0.1) is 0 Å². The van der Waals surface area contributed by atoms with Gasteiger partial charge in [0, 0.05) is 17.3 Å². The first-order valence-corrected chi connectivity index (χ1v) is 8.52. The van der Waals surface area contributed by atoms with Gasteiger partial charge in [-0.2, -0.15) is 0 Å². The van der Waals surface area contributed by atoms with Crippen LogP contribution < -0.4 is 5.32 Å². The quantitative estimate of drug-likeness (QED) is 0.738.